The van der Waals surface area contributed by atoms with Gasteiger partial charge in [0.2, 0.25) is 0 Å². The quantitative estimate of drug-likeness (QED) is 0.672. The molecule has 1 aromatic carbocycles. The number of amides is 1. The first-order chi connectivity index (χ1) is 14.2. The number of piperazine rings is 1. The number of ether oxygens (including phenoxy) is 2. The van der Waals surface area contributed by atoms with Gasteiger partial charge < -0.3 is 19.3 Å². The maximum atomic E-state index is 12.9. The Morgan fingerprint density at radius 1 is 1.03 bits per heavy atom. The van der Waals surface area contributed by atoms with Crippen LogP contribution in [0.3, 0.4) is 0 Å². The topological polar surface area (TPSA) is 54.9 Å². The van der Waals surface area contributed by atoms with Crippen LogP contribution in [0, 0.1) is 0 Å². The molecule has 2 heterocycles. The van der Waals surface area contributed by atoms with E-state index in [4.69, 9.17) is 32.7 Å². The molecule has 1 aromatic heterocycles. The van der Waals surface area contributed by atoms with Crippen LogP contribution in [0.2, 0.25) is 10.0 Å². The molecule has 1 amide bonds. The Bertz CT molecular complexity index is 949. The second-order valence-corrected chi connectivity index (χ2v) is 7.31. The Balaban J connectivity index is 1.72. The zero-order chi connectivity index (χ0) is 22.1. The van der Waals surface area contributed by atoms with Gasteiger partial charge in [0.1, 0.15) is 5.82 Å². The van der Waals surface area contributed by atoms with E-state index in [-0.39, 0.29) is 21.8 Å². The summed E-state index contributed by atoms with van der Waals surface area (Å²) in [5.41, 5.74) is -0.563. The van der Waals surface area contributed by atoms with Crippen LogP contribution in [0.25, 0.3) is 0 Å². The molecule has 0 aliphatic carbocycles. The molecule has 0 saturated carbocycles. The fraction of sp³-hybridized carbons (Fsp3) is 0.368. The summed E-state index contributed by atoms with van der Waals surface area (Å²) in [6.45, 7) is 1.41. The summed E-state index contributed by atoms with van der Waals surface area (Å²) in [6.07, 6.45) is -3.76. The van der Waals surface area contributed by atoms with E-state index in [0.29, 0.717) is 43.2 Å². The highest BCUT2D eigenvalue weighted by Gasteiger charge is 2.32. The highest BCUT2D eigenvalue weighted by Crippen LogP contribution is 2.37. The van der Waals surface area contributed by atoms with Gasteiger partial charge in [0.05, 0.1) is 29.8 Å². The fourth-order valence-corrected chi connectivity index (χ4v) is 3.74. The third-order valence-electron chi connectivity index (χ3n) is 4.70. The predicted octanol–water partition coefficient (Wildman–Crippen LogP) is 4.39. The normalized spacial score (nSPS) is 14.6. The Kier molecular flexibility index (Phi) is 6.52. The maximum absolute atomic E-state index is 12.9. The van der Waals surface area contributed by atoms with Crippen LogP contribution in [0.15, 0.2) is 24.4 Å². The second kappa shape index (κ2) is 8.77. The lowest BCUT2D eigenvalue weighted by atomic mass is 10.1. The van der Waals surface area contributed by atoms with Crippen LogP contribution < -0.4 is 14.4 Å². The molecule has 1 aliphatic rings. The average Bonchev–Trinajstić information content (AvgIpc) is 2.72. The smallest absolute Gasteiger partial charge is 0.417 e. The standard InChI is InChI=1S/C19H18Cl2F3N3O3/c1-29-15-8-11(7-13(20)16(15)30-2)18(28)27-5-3-26(4-6-27)17-14(21)9-12(10-25-17)19(22,23)24/h7-10H,3-6H2,1-2H3. The highest BCUT2D eigenvalue weighted by molar-refractivity contribution is 6.33. The van der Waals surface area contributed by atoms with Gasteiger partial charge in [0, 0.05) is 37.9 Å². The summed E-state index contributed by atoms with van der Waals surface area (Å²) in [6, 6.07) is 3.91. The van der Waals surface area contributed by atoms with Gasteiger partial charge in [-0.1, -0.05) is 23.2 Å². The van der Waals surface area contributed by atoms with Crippen molar-refractivity contribution >= 4 is 34.9 Å². The highest BCUT2D eigenvalue weighted by atomic mass is 35.5. The lowest BCUT2D eigenvalue weighted by molar-refractivity contribution is -0.137. The molecule has 0 unspecified atom stereocenters. The number of halogens is 5. The first kappa shape index (κ1) is 22.3. The molecule has 3 rings (SSSR count). The van der Waals surface area contributed by atoms with Crippen LogP contribution in [-0.2, 0) is 6.18 Å². The van der Waals surface area contributed by atoms with Crippen molar-refractivity contribution in [1.29, 1.82) is 0 Å². The van der Waals surface area contributed by atoms with Crippen molar-refractivity contribution in [2.24, 2.45) is 0 Å². The second-order valence-electron chi connectivity index (χ2n) is 6.50. The number of carbonyl (C=O) groups is 1. The van der Waals surface area contributed by atoms with Crippen LogP contribution >= 0.6 is 23.2 Å². The van der Waals surface area contributed by atoms with Gasteiger partial charge in [-0.2, -0.15) is 13.2 Å². The largest absolute Gasteiger partial charge is 0.493 e. The van der Waals surface area contributed by atoms with Crippen LogP contribution in [0.5, 0.6) is 11.5 Å². The first-order valence-electron chi connectivity index (χ1n) is 8.84. The van der Waals surface area contributed by atoms with Crippen molar-refractivity contribution in [2.75, 3.05) is 45.3 Å². The van der Waals surface area contributed by atoms with Crippen LogP contribution in [0.1, 0.15) is 15.9 Å². The van der Waals surface area contributed by atoms with Crippen molar-refractivity contribution in [3.63, 3.8) is 0 Å². The lowest BCUT2D eigenvalue weighted by Crippen LogP contribution is -2.49. The minimum absolute atomic E-state index is 0.0868. The SMILES string of the molecule is COc1cc(C(=O)N2CCN(c3ncc(C(F)(F)F)cc3Cl)CC2)cc(Cl)c1OC. The summed E-state index contributed by atoms with van der Waals surface area (Å²) >= 11 is 12.2. The zero-order valence-electron chi connectivity index (χ0n) is 16.1. The Morgan fingerprint density at radius 2 is 1.70 bits per heavy atom. The molecular formula is C19H18Cl2F3N3O3. The number of aromatic nitrogens is 1. The molecule has 1 fully saturated rings. The Hall–Kier alpha value is -2.39. The molecular weight excluding hydrogens is 446 g/mol. The van der Waals surface area contributed by atoms with Crippen molar-refractivity contribution in [3.05, 3.63) is 45.6 Å². The molecule has 6 nitrogen and oxygen atoms in total. The van der Waals surface area contributed by atoms with Crippen LogP contribution in [0.4, 0.5) is 19.0 Å². The van der Waals surface area contributed by atoms with Gasteiger partial charge in [-0.15, -0.1) is 0 Å². The van der Waals surface area contributed by atoms with Crippen molar-refractivity contribution < 1.29 is 27.4 Å². The first-order valence-corrected chi connectivity index (χ1v) is 9.59. The van der Waals surface area contributed by atoms with E-state index in [2.05, 4.69) is 4.98 Å². The average molecular weight is 464 g/mol. The number of pyridine rings is 1. The fourth-order valence-electron chi connectivity index (χ4n) is 3.16. The van der Waals surface area contributed by atoms with Crippen molar-refractivity contribution in [2.45, 2.75) is 6.18 Å². The van der Waals surface area contributed by atoms with Gasteiger partial charge in [-0.3, -0.25) is 4.79 Å². The van der Waals surface area contributed by atoms with E-state index in [1.54, 1.807) is 15.9 Å². The number of hydrogen-bond acceptors (Lipinski definition) is 5. The summed E-state index contributed by atoms with van der Waals surface area (Å²) in [4.78, 5) is 20.1. The monoisotopic (exact) mass is 463 g/mol. The predicted molar refractivity (Wildman–Crippen MR) is 107 cm³/mol. The molecule has 0 spiro atoms. The van der Waals surface area contributed by atoms with Crippen LogP contribution in [-0.4, -0.2) is 56.2 Å². The molecule has 2 aromatic rings. The molecule has 162 valence electrons. The lowest BCUT2D eigenvalue weighted by Gasteiger charge is -2.36. The third-order valence-corrected chi connectivity index (χ3v) is 5.25. The molecule has 0 radical (unpaired) electrons. The van der Waals surface area contributed by atoms with E-state index in [0.717, 1.165) is 12.3 Å². The van der Waals surface area contributed by atoms with Gasteiger partial charge in [-0.05, 0) is 18.2 Å². The molecule has 30 heavy (non-hydrogen) atoms. The number of rotatable bonds is 4. The molecule has 1 saturated heterocycles. The number of alkyl halides is 3. The van der Waals surface area contributed by atoms with Crippen molar-refractivity contribution in [3.8, 4) is 11.5 Å². The number of hydrogen-bond donors (Lipinski definition) is 0. The summed E-state index contributed by atoms with van der Waals surface area (Å²) in [7, 11) is 2.90. The summed E-state index contributed by atoms with van der Waals surface area (Å²) in [5.74, 6) is 0.686. The van der Waals surface area contributed by atoms with E-state index < -0.39 is 11.7 Å². The Labute approximate surface area is 181 Å². The van der Waals surface area contributed by atoms with Gasteiger partial charge in [0.15, 0.2) is 11.5 Å². The maximum Gasteiger partial charge on any atom is 0.417 e. The molecule has 0 bridgehead atoms. The minimum atomic E-state index is -4.51. The van der Waals surface area contributed by atoms with Gasteiger partial charge >= 0.3 is 6.18 Å². The minimum Gasteiger partial charge on any atom is -0.493 e. The van der Waals surface area contributed by atoms with E-state index >= 15 is 0 Å². The Morgan fingerprint density at radius 3 is 2.23 bits per heavy atom. The summed E-state index contributed by atoms with van der Waals surface area (Å²) in [5, 5.41) is 0.163. The number of anilines is 1. The zero-order valence-corrected chi connectivity index (χ0v) is 17.6. The molecule has 0 N–H and O–H groups in total. The van der Waals surface area contributed by atoms with Crippen molar-refractivity contribution in [1.82, 2.24) is 9.88 Å². The molecule has 0 atom stereocenters. The number of methoxy groups -OCH3 is 2. The van der Waals surface area contributed by atoms with Gasteiger partial charge in [-0.25, -0.2) is 4.98 Å². The van der Waals surface area contributed by atoms with E-state index in [1.807, 2.05) is 0 Å². The van der Waals surface area contributed by atoms with E-state index in [9.17, 15) is 18.0 Å². The van der Waals surface area contributed by atoms with Gasteiger partial charge in [0.25, 0.3) is 5.91 Å². The third kappa shape index (κ3) is 4.52. The van der Waals surface area contributed by atoms with E-state index in [1.165, 1.54) is 20.3 Å². The summed E-state index contributed by atoms with van der Waals surface area (Å²) < 4.78 is 48.8. The number of nitrogens with zero attached hydrogens (tertiary/aromatic N) is 3. The number of benzene rings is 1. The number of carbonyl (C=O) groups excluding carboxylic acids is 1. The molecule has 1 aliphatic heterocycles. The molecule has 11 heteroatoms.